The molecule has 0 radical (unpaired) electrons. The van der Waals surface area contributed by atoms with Gasteiger partial charge in [-0.05, 0) is 50.3 Å². The molecule has 4 nitrogen and oxygen atoms in total. The molecule has 0 bridgehead atoms. The van der Waals surface area contributed by atoms with Crippen LogP contribution in [0.5, 0.6) is 0 Å². The van der Waals surface area contributed by atoms with Crippen molar-refractivity contribution in [2.24, 2.45) is 5.92 Å². The molecule has 22 heavy (non-hydrogen) atoms. The molecule has 0 unspecified atom stereocenters. The summed E-state index contributed by atoms with van der Waals surface area (Å²) in [6, 6.07) is 6.39. The summed E-state index contributed by atoms with van der Waals surface area (Å²) in [6.07, 6.45) is 4.81. The summed E-state index contributed by atoms with van der Waals surface area (Å²) in [5.41, 5.74) is 2.04. The average molecular weight is 325 g/mol. The molecule has 0 aromatic heterocycles. The minimum absolute atomic E-state index is 0.0649. The zero-order valence-corrected chi connectivity index (χ0v) is 14.1. The van der Waals surface area contributed by atoms with Gasteiger partial charge in [0.05, 0.1) is 23.7 Å². The molecular formula is C17H25ClN2O2. The third kappa shape index (κ3) is 4.54. The number of halogens is 1. The van der Waals surface area contributed by atoms with Crippen LogP contribution in [0.1, 0.15) is 39.0 Å². The molecule has 1 aliphatic carbocycles. The van der Waals surface area contributed by atoms with E-state index in [2.05, 4.69) is 23.6 Å². The summed E-state index contributed by atoms with van der Waals surface area (Å²) in [5, 5.41) is 7.63. The van der Waals surface area contributed by atoms with Crippen molar-refractivity contribution in [3.8, 4) is 0 Å². The van der Waals surface area contributed by atoms with Gasteiger partial charge in [0.2, 0.25) is 0 Å². The third-order valence-electron chi connectivity index (χ3n) is 4.16. The number of hydrogen-bond donors (Lipinski definition) is 2. The SMILES string of the molecule is CCCNc1cc(NC2CCC(C(=O)OC)CC2)ccc1Cl. The van der Waals surface area contributed by atoms with Gasteiger partial charge in [-0.2, -0.15) is 0 Å². The Morgan fingerprint density at radius 2 is 2.05 bits per heavy atom. The summed E-state index contributed by atoms with van der Waals surface area (Å²) in [4.78, 5) is 11.5. The lowest BCUT2D eigenvalue weighted by Gasteiger charge is -2.28. The number of carbonyl (C=O) groups is 1. The maximum atomic E-state index is 11.5. The second-order valence-corrected chi connectivity index (χ2v) is 6.24. The maximum Gasteiger partial charge on any atom is 0.308 e. The first-order valence-electron chi connectivity index (χ1n) is 8.01. The Labute approximate surface area is 137 Å². The van der Waals surface area contributed by atoms with Crippen LogP contribution in [0.4, 0.5) is 11.4 Å². The van der Waals surface area contributed by atoms with Gasteiger partial charge in [-0.1, -0.05) is 18.5 Å². The van der Waals surface area contributed by atoms with Crippen LogP contribution in [0.25, 0.3) is 0 Å². The van der Waals surface area contributed by atoms with E-state index in [1.807, 2.05) is 12.1 Å². The molecule has 2 rings (SSSR count). The van der Waals surface area contributed by atoms with E-state index >= 15 is 0 Å². The Balaban J connectivity index is 1.90. The second-order valence-electron chi connectivity index (χ2n) is 5.84. The van der Waals surface area contributed by atoms with Gasteiger partial charge >= 0.3 is 5.97 Å². The molecule has 1 fully saturated rings. The first kappa shape index (κ1) is 16.9. The number of rotatable bonds is 6. The van der Waals surface area contributed by atoms with Gasteiger partial charge in [0.25, 0.3) is 0 Å². The molecule has 2 N–H and O–H groups in total. The number of ether oxygens (including phenoxy) is 1. The highest BCUT2D eigenvalue weighted by Crippen LogP contribution is 2.30. The van der Waals surface area contributed by atoms with E-state index in [4.69, 9.17) is 16.3 Å². The molecule has 0 atom stereocenters. The van der Waals surface area contributed by atoms with Crippen LogP contribution in [0.3, 0.4) is 0 Å². The van der Waals surface area contributed by atoms with Crippen LogP contribution in [0.15, 0.2) is 18.2 Å². The number of hydrogen-bond acceptors (Lipinski definition) is 4. The zero-order chi connectivity index (χ0) is 15.9. The number of anilines is 2. The van der Waals surface area contributed by atoms with Gasteiger partial charge in [0, 0.05) is 18.3 Å². The molecule has 1 aromatic rings. The molecule has 0 amide bonds. The van der Waals surface area contributed by atoms with Crippen LogP contribution in [0.2, 0.25) is 5.02 Å². The van der Waals surface area contributed by atoms with Crippen LogP contribution in [-0.2, 0) is 9.53 Å². The highest BCUT2D eigenvalue weighted by molar-refractivity contribution is 6.33. The molecule has 0 saturated heterocycles. The zero-order valence-electron chi connectivity index (χ0n) is 13.3. The van der Waals surface area contributed by atoms with Crippen molar-refractivity contribution in [3.05, 3.63) is 23.2 Å². The first-order valence-corrected chi connectivity index (χ1v) is 8.39. The Morgan fingerprint density at radius 3 is 2.68 bits per heavy atom. The lowest BCUT2D eigenvalue weighted by molar-refractivity contribution is -0.146. The molecule has 1 saturated carbocycles. The number of carbonyl (C=O) groups excluding carboxylic acids is 1. The molecule has 122 valence electrons. The fourth-order valence-corrected chi connectivity index (χ4v) is 3.07. The first-order chi connectivity index (χ1) is 10.6. The van der Waals surface area contributed by atoms with Crippen molar-refractivity contribution < 1.29 is 9.53 Å². The van der Waals surface area contributed by atoms with E-state index in [0.717, 1.165) is 55.0 Å². The van der Waals surface area contributed by atoms with Gasteiger partial charge in [-0.25, -0.2) is 0 Å². The van der Waals surface area contributed by atoms with Crippen LogP contribution in [0, 0.1) is 5.92 Å². The fraction of sp³-hybridized carbons (Fsp3) is 0.588. The van der Waals surface area contributed by atoms with Crippen molar-refractivity contribution in [1.82, 2.24) is 0 Å². The van der Waals surface area contributed by atoms with Gasteiger partial charge in [0.1, 0.15) is 0 Å². The monoisotopic (exact) mass is 324 g/mol. The normalized spacial score (nSPS) is 21.2. The predicted molar refractivity (Wildman–Crippen MR) is 91.6 cm³/mol. The quantitative estimate of drug-likeness (QED) is 0.766. The topological polar surface area (TPSA) is 50.4 Å². The largest absolute Gasteiger partial charge is 0.469 e. The van der Waals surface area contributed by atoms with Crippen LogP contribution in [-0.4, -0.2) is 25.7 Å². The molecule has 0 heterocycles. The van der Waals surface area contributed by atoms with E-state index < -0.39 is 0 Å². The van der Waals surface area contributed by atoms with Crippen LogP contribution >= 0.6 is 11.6 Å². The lowest BCUT2D eigenvalue weighted by Crippen LogP contribution is -2.29. The molecule has 0 spiro atoms. The van der Waals surface area contributed by atoms with Gasteiger partial charge < -0.3 is 15.4 Å². The Bertz CT molecular complexity index is 499. The smallest absolute Gasteiger partial charge is 0.308 e. The average Bonchev–Trinajstić information content (AvgIpc) is 2.55. The molecule has 5 heteroatoms. The minimum Gasteiger partial charge on any atom is -0.469 e. The van der Waals surface area contributed by atoms with E-state index in [9.17, 15) is 4.79 Å². The second kappa shape index (κ2) is 8.28. The predicted octanol–water partition coefficient (Wildman–Crippen LogP) is 4.31. The fourth-order valence-electron chi connectivity index (χ4n) is 2.89. The van der Waals surface area contributed by atoms with E-state index in [1.165, 1.54) is 7.11 Å². The van der Waals surface area contributed by atoms with Crippen molar-refractivity contribution in [2.45, 2.75) is 45.1 Å². The van der Waals surface area contributed by atoms with E-state index in [-0.39, 0.29) is 11.9 Å². The number of esters is 1. The summed E-state index contributed by atoms with van der Waals surface area (Å²) < 4.78 is 4.83. The summed E-state index contributed by atoms with van der Waals surface area (Å²) in [5.74, 6) is -0.00829. The Hall–Kier alpha value is -1.42. The van der Waals surface area contributed by atoms with Crippen molar-refractivity contribution in [3.63, 3.8) is 0 Å². The maximum absolute atomic E-state index is 11.5. The van der Waals surface area contributed by atoms with Gasteiger partial charge in [0.15, 0.2) is 0 Å². The molecular weight excluding hydrogens is 300 g/mol. The summed E-state index contributed by atoms with van der Waals surface area (Å²) in [7, 11) is 1.46. The Morgan fingerprint density at radius 1 is 1.32 bits per heavy atom. The van der Waals surface area contributed by atoms with Gasteiger partial charge in [-0.3, -0.25) is 4.79 Å². The number of benzene rings is 1. The number of methoxy groups -OCH3 is 1. The van der Waals surface area contributed by atoms with Crippen molar-refractivity contribution in [1.29, 1.82) is 0 Å². The summed E-state index contributed by atoms with van der Waals surface area (Å²) in [6.45, 7) is 3.04. The standard InChI is InChI=1S/C17H25ClN2O2/c1-3-10-19-16-11-14(8-9-15(16)18)20-13-6-4-12(5-7-13)17(21)22-2/h8-9,11-13,19-20H,3-7,10H2,1-2H3. The Kier molecular flexibility index (Phi) is 6.37. The molecule has 0 aliphatic heterocycles. The highest BCUT2D eigenvalue weighted by Gasteiger charge is 2.26. The molecule has 1 aromatic carbocycles. The lowest BCUT2D eigenvalue weighted by atomic mass is 9.86. The minimum atomic E-state index is -0.0732. The van der Waals surface area contributed by atoms with E-state index in [0.29, 0.717) is 6.04 Å². The van der Waals surface area contributed by atoms with Crippen LogP contribution < -0.4 is 10.6 Å². The van der Waals surface area contributed by atoms with Crippen molar-refractivity contribution >= 4 is 28.9 Å². The summed E-state index contributed by atoms with van der Waals surface area (Å²) >= 11 is 6.20. The number of nitrogens with one attached hydrogen (secondary N) is 2. The third-order valence-corrected chi connectivity index (χ3v) is 4.49. The van der Waals surface area contributed by atoms with Gasteiger partial charge in [-0.15, -0.1) is 0 Å². The highest BCUT2D eigenvalue weighted by atomic mass is 35.5. The van der Waals surface area contributed by atoms with Crippen molar-refractivity contribution in [2.75, 3.05) is 24.3 Å². The molecule has 1 aliphatic rings. The van der Waals surface area contributed by atoms with E-state index in [1.54, 1.807) is 0 Å².